The van der Waals surface area contributed by atoms with Gasteiger partial charge in [0.2, 0.25) is 0 Å². The molecule has 11 heavy (non-hydrogen) atoms. The van der Waals surface area contributed by atoms with Gasteiger partial charge in [0.05, 0.1) is 13.2 Å². The largest absolute Gasteiger partial charge is 0.371 e. The average molecular weight is 149 g/mol. The fourth-order valence-corrected chi connectivity index (χ4v) is 0.810. The first-order valence-electron chi connectivity index (χ1n) is 3.54. The van der Waals surface area contributed by atoms with E-state index in [4.69, 9.17) is 10.1 Å². The van der Waals surface area contributed by atoms with Crippen molar-refractivity contribution in [2.45, 2.75) is 6.61 Å². The van der Waals surface area contributed by atoms with Crippen molar-refractivity contribution in [3.05, 3.63) is 35.9 Å². The van der Waals surface area contributed by atoms with Gasteiger partial charge in [-0.15, -0.1) is 0 Å². The van der Waals surface area contributed by atoms with Crippen LogP contribution in [0.15, 0.2) is 30.3 Å². The van der Waals surface area contributed by atoms with Crippen LogP contribution < -0.4 is 0 Å². The lowest BCUT2D eigenvalue weighted by Crippen LogP contribution is -1.94. The number of rotatable bonds is 4. The second-order valence-electron chi connectivity index (χ2n) is 2.20. The van der Waals surface area contributed by atoms with Gasteiger partial charge in [-0.3, -0.25) is 0 Å². The van der Waals surface area contributed by atoms with Crippen molar-refractivity contribution in [2.75, 3.05) is 6.61 Å². The predicted molar refractivity (Wildman–Crippen MR) is 44.9 cm³/mol. The summed E-state index contributed by atoms with van der Waals surface area (Å²) in [5.74, 6) is 0. The standard InChI is InChI=1S/C9H11NO/c10-6-7-11-8-9-4-2-1-3-5-9/h1-6,10H,7-8H2. The Kier molecular flexibility index (Phi) is 3.35. The Morgan fingerprint density at radius 1 is 1.27 bits per heavy atom. The maximum atomic E-state index is 6.72. The molecule has 0 aliphatic heterocycles. The van der Waals surface area contributed by atoms with Gasteiger partial charge in [-0.1, -0.05) is 30.3 Å². The smallest absolute Gasteiger partial charge is 0.0816 e. The molecule has 0 aliphatic carbocycles. The first kappa shape index (κ1) is 7.95. The third kappa shape index (κ3) is 2.96. The summed E-state index contributed by atoms with van der Waals surface area (Å²) in [6.45, 7) is 0.991. The van der Waals surface area contributed by atoms with Crippen LogP contribution >= 0.6 is 0 Å². The summed E-state index contributed by atoms with van der Waals surface area (Å²) in [5.41, 5.74) is 1.15. The molecule has 0 saturated carbocycles. The Hall–Kier alpha value is -1.15. The van der Waals surface area contributed by atoms with Crippen molar-refractivity contribution < 1.29 is 4.74 Å². The van der Waals surface area contributed by atoms with Gasteiger partial charge in [-0.2, -0.15) is 0 Å². The average Bonchev–Trinajstić information content (AvgIpc) is 2.07. The Balaban J connectivity index is 2.33. The highest BCUT2D eigenvalue weighted by Gasteiger charge is 1.87. The fourth-order valence-electron chi connectivity index (χ4n) is 0.810. The first-order chi connectivity index (χ1) is 5.43. The minimum Gasteiger partial charge on any atom is -0.371 e. The summed E-state index contributed by atoms with van der Waals surface area (Å²) < 4.78 is 5.13. The number of hydrogen-bond donors (Lipinski definition) is 1. The highest BCUT2D eigenvalue weighted by molar-refractivity contribution is 5.54. The van der Waals surface area contributed by atoms with Gasteiger partial charge in [-0.25, -0.2) is 0 Å². The lowest BCUT2D eigenvalue weighted by atomic mass is 10.2. The molecule has 0 atom stereocenters. The van der Waals surface area contributed by atoms with E-state index in [2.05, 4.69) is 0 Å². The Morgan fingerprint density at radius 3 is 2.64 bits per heavy atom. The maximum Gasteiger partial charge on any atom is 0.0816 e. The van der Waals surface area contributed by atoms with Gasteiger partial charge in [0.25, 0.3) is 0 Å². The fraction of sp³-hybridized carbons (Fsp3) is 0.222. The molecule has 1 rings (SSSR count). The Labute approximate surface area is 66.3 Å². The van der Waals surface area contributed by atoms with E-state index in [0.29, 0.717) is 13.2 Å². The van der Waals surface area contributed by atoms with Crippen molar-refractivity contribution in [3.8, 4) is 0 Å². The van der Waals surface area contributed by atoms with Gasteiger partial charge in [-0.05, 0) is 5.56 Å². The molecule has 0 heterocycles. The summed E-state index contributed by atoms with van der Waals surface area (Å²) in [6.07, 6.45) is 1.25. The molecule has 0 bridgehead atoms. The lowest BCUT2D eigenvalue weighted by Gasteiger charge is -1.99. The number of benzene rings is 1. The predicted octanol–water partition coefficient (Wildman–Crippen LogP) is 1.85. The molecule has 0 unspecified atom stereocenters. The van der Waals surface area contributed by atoms with Crippen LogP contribution in [0.1, 0.15) is 5.56 Å². The summed E-state index contributed by atoms with van der Waals surface area (Å²) >= 11 is 0. The van der Waals surface area contributed by atoms with Gasteiger partial charge >= 0.3 is 0 Å². The van der Waals surface area contributed by atoms with Crippen LogP contribution in [0.3, 0.4) is 0 Å². The minimum absolute atomic E-state index is 0.398. The highest BCUT2D eigenvalue weighted by atomic mass is 16.5. The zero-order valence-corrected chi connectivity index (χ0v) is 6.29. The molecule has 0 fully saturated rings. The second-order valence-corrected chi connectivity index (χ2v) is 2.20. The van der Waals surface area contributed by atoms with E-state index in [-0.39, 0.29) is 0 Å². The van der Waals surface area contributed by atoms with E-state index in [1.807, 2.05) is 30.3 Å². The molecule has 58 valence electrons. The van der Waals surface area contributed by atoms with E-state index in [9.17, 15) is 0 Å². The lowest BCUT2D eigenvalue weighted by molar-refractivity contribution is 0.160. The van der Waals surface area contributed by atoms with Crippen LogP contribution in [0, 0.1) is 5.41 Å². The third-order valence-electron chi connectivity index (χ3n) is 1.31. The first-order valence-corrected chi connectivity index (χ1v) is 3.54. The second kappa shape index (κ2) is 4.63. The molecule has 1 aromatic rings. The molecule has 1 N–H and O–H groups in total. The van der Waals surface area contributed by atoms with Crippen LogP contribution in [0.5, 0.6) is 0 Å². The molecule has 0 spiro atoms. The highest BCUT2D eigenvalue weighted by Crippen LogP contribution is 1.99. The van der Waals surface area contributed by atoms with Gasteiger partial charge in [0.1, 0.15) is 0 Å². The molecule has 0 saturated heterocycles. The summed E-state index contributed by atoms with van der Waals surface area (Å²) in [7, 11) is 0. The SMILES string of the molecule is N=CCOCc1ccccc1. The van der Waals surface area contributed by atoms with Gasteiger partial charge in [0, 0.05) is 6.21 Å². The third-order valence-corrected chi connectivity index (χ3v) is 1.31. The van der Waals surface area contributed by atoms with E-state index in [1.54, 1.807) is 0 Å². The van der Waals surface area contributed by atoms with Crippen molar-refractivity contribution in [3.63, 3.8) is 0 Å². The van der Waals surface area contributed by atoms with Crippen LogP contribution in [-0.4, -0.2) is 12.8 Å². The number of ether oxygens (including phenoxy) is 1. The zero-order valence-electron chi connectivity index (χ0n) is 6.29. The summed E-state index contributed by atoms with van der Waals surface area (Å²) in [6, 6.07) is 9.93. The van der Waals surface area contributed by atoms with E-state index < -0.39 is 0 Å². The van der Waals surface area contributed by atoms with Gasteiger partial charge in [0.15, 0.2) is 0 Å². The van der Waals surface area contributed by atoms with E-state index >= 15 is 0 Å². The monoisotopic (exact) mass is 149 g/mol. The number of hydrogen-bond acceptors (Lipinski definition) is 2. The summed E-state index contributed by atoms with van der Waals surface area (Å²) in [4.78, 5) is 0. The topological polar surface area (TPSA) is 33.1 Å². The molecule has 0 amide bonds. The molecule has 0 aliphatic rings. The molecular weight excluding hydrogens is 138 g/mol. The van der Waals surface area contributed by atoms with Crippen molar-refractivity contribution in [1.29, 1.82) is 5.41 Å². The maximum absolute atomic E-state index is 6.72. The van der Waals surface area contributed by atoms with Crippen LogP contribution in [0.25, 0.3) is 0 Å². The van der Waals surface area contributed by atoms with Crippen LogP contribution in [-0.2, 0) is 11.3 Å². The van der Waals surface area contributed by atoms with Crippen LogP contribution in [0.4, 0.5) is 0 Å². The number of nitrogens with one attached hydrogen (secondary N) is 1. The molecule has 0 aromatic heterocycles. The van der Waals surface area contributed by atoms with E-state index in [0.717, 1.165) is 5.56 Å². The van der Waals surface area contributed by atoms with Crippen molar-refractivity contribution in [2.24, 2.45) is 0 Å². The van der Waals surface area contributed by atoms with E-state index in [1.165, 1.54) is 6.21 Å². The van der Waals surface area contributed by atoms with Crippen molar-refractivity contribution in [1.82, 2.24) is 0 Å². The molecule has 0 radical (unpaired) electrons. The molecule has 2 nitrogen and oxygen atoms in total. The Morgan fingerprint density at radius 2 is 2.00 bits per heavy atom. The quantitative estimate of drug-likeness (QED) is 0.514. The van der Waals surface area contributed by atoms with Crippen LogP contribution in [0.2, 0.25) is 0 Å². The van der Waals surface area contributed by atoms with Gasteiger partial charge < -0.3 is 10.1 Å². The summed E-state index contributed by atoms with van der Waals surface area (Å²) in [5, 5.41) is 6.72. The molecular formula is C9H11NO. The molecule has 1 aromatic carbocycles. The minimum atomic E-state index is 0.398. The Bertz CT molecular complexity index is 208. The normalized spacial score (nSPS) is 9.45. The van der Waals surface area contributed by atoms with Crippen molar-refractivity contribution >= 4 is 6.21 Å². The zero-order chi connectivity index (χ0) is 7.94. The molecule has 2 heteroatoms.